The predicted molar refractivity (Wildman–Crippen MR) is 142 cm³/mol. The van der Waals surface area contributed by atoms with Crippen LogP contribution in [0.15, 0.2) is 116 Å². The first-order chi connectivity index (χ1) is 17.5. The number of para-hydroxylation sites is 1. The Morgan fingerprint density at radius 2 is 1.69 bits per heavy atom. The molecule has 1 amide bonds. The van der Waals surface area contributed by atoms with Crippen LogP contribution in [0.4, 0.5) is 0 Å². The van der Waals surface area contributed by atoms with Gasteiger partial charge < -0.3 is 10.5 Å². The largest absolute Gasteiger partial charge is 0.457 e. The van der Waals surface area contributed by atoms with Gasteiger partial charge in [-0.1, -0.05) is 61.2 Å². The number of allylic oxidation sites excluding steroid dienone is 2. The van der Waals surface area contributed by atoms with Gasteiger partial charge in [-0.15, -0.1) is 0 Å². The van der Waals surface area contributed by atoms with Gasteiger partial charge in [-0.05, 0) is 60.5 Å². The molecule has 0 atom stereocenters. The molecule has 2 aromatic heterocycles. The number of benzene rings is 3. The summed E-state index contributed by atoms with van der Waals surface area (Å²) in [7, 11) is 0. The Morgan fingerprint density at radius 3 is 2.42 bits per heavy atom. The molecular formula is C30H24N4O2. The molecular weight excluding hydrogens is 448 g/mol. The van der Waals surface area contributed by atoms with E-state index < -0.39 is 5.91 Å². The number of ether oxygens (including phenoxy) is 1. The Hall–Kier alpha value is -4.97. The van der Waals surface area contributed by atoms with Gasteiger partial charge in [-0.3, -0.25) is 4.79 Å². The highest BCUT2D eigenvalue weighted by molar-refractivity contribution is 6.05. The number of hydrogen-bond acceptors (Lipinski definition) is 4. The van der Waals surface area contributed by atoms with Crippen LogP contribution in [-0.4, -0.2) is 20.5 Å². The van der Waals surface area contributed by atoms with Crippen molar-refractivity contribution < 1.29 is 9.53 Å². The Labute approximate surface area is 209 Å². The number of carbonyl (C=O) groups excluding carboxylic acids is 1. The Morgan fingerprint density at radius 1 is 0.944 bits per heavy atom. The minimum absolute atomic E-state index is 0.268. The molecule has 0 aliphatic rings. The Bertz CT molecular complexity index is 1590. The number of nitrogens with two attached hydrogens (primary N) is 1. The number of fused-ring (bicyclic) bond motifs is 1. The zero-order valence-electron chi connectivity index (χ0n) is 19.6. The average molecular weight is 473 g/mol. The summed E-state index contributed by atoms with van der Waals surface area (Å²) < 4.78 is 7.56. The van der Waals surface area contributed by atoms with Crippen LogP contribution in [0.3, 0.4) is 0 Å². The van der Waals surface area contributed by atoms with Crippen LogP contribution in [0, 0.1) is 0 Å². The van der Waals surface area contributed by atoms with E-state index in [1.165, 1.54) is 0 Å². The molecule has 36 heavy (non-hydrogen) atoms. The first-order valence-electron chi connectivity index (χ1n) is 11.4. The number of primary amides is 1. The highest BCUT2D eigenvalue weighted by atomic mass is 16.5. The molecule has 0 aliphatic heterocycles. The van der Waals surface area contributed by atoms with Crippen molar-refractivity contribution in [3.8, 4) is 34.0 Å². The van der Waals surface area contributed by atoms with Crippen LogP contribution < -0.4 is 10.5 Å². The maximum Gasteiger partial charge on any atom is 0.254 e. The third-order valence-corrected chi connectivity index (χ3v) is 5.81. The van der Waals surface area contributed by atoms with Gasteiger partial charge in [-0.2, -0.15) is 5.10 Å². The lowest BCUT2D eigenvalue weighted by atomic mass is 10.0. The SMILES string of the molecule is C=CC(=C)Cc1cccc(-c2ccnc3c(C(N)=O)c(-c4ccc(Oc5ccccc5)cc4)nn23)c1. The number of carbonyl (C=O) groups is 1. The van der Waals surface area contributed by atoms with Gasteiger partial charge in [0.1, 0.15) is 22.8 Å². The van der Waals surface area contributed by atoms with E-state index in [9.17, 15) is 4.79 Å². The minimum atomic E-state index is -0.592. The van der Waals surface area contributed by atoms with Gasteiger partial charge in [0.25, 0.3) is 5.91 Å². The minimum Gasteiger partial charge on any atom is -0.457 e. The van der Waals surface area contributed by atoms with E-state index in [2.05, 4.69) is 24.2 Å². The Kier molecular flexibility index (Phi) is 6.16. The van der Waals surface area contributed by atoms with E-state index in [4.69, 9.17) is 15.6 Å². The molecule has 0 saturated carbocycles. The van der Waals surface area contributed by atoms with Gasteiger partial charge in [0.15, 0.2) is 5.65 Å². The lowest BCUT2D eigenvalue weighted by Crippen LogP contribution is -2.12. The second-order valence-electron chi connectivity index (χ2n) is 8.33. The molecule has 0 unspecified atom stereocenters. The molecule has 3 aromatic carbocycles. The summed E-state index contributed by atoms with van der Waals surface area (Å²) in [6.45, 7) is 7.80. The summed E-state index contributed by atoms with van der Waals surface area (Å²) >= 11 is 0. The number of nitrogens with zero attached hydrogens (tertiary/aromatic N) is 3. The Balaban J connectivity index is 1.56. The molecule has 5 rings (SSSR count). The van der Waals surface area contributed by atoms with Crippen LogP contribution in [-0.2, 0) is 6.42 Å². The van der Waals surface area contributed by atoms with Gasteiger partial charge in [0.2, 0.25) is 0 Å². The maximum absolute atomic E-state index is 12.5. The molecule has 0 fully saturated rings. The van der Waals surface area contributed by atoms with E-state index in [-0.39, 0.29) is 5.56 Å². The molecule has 0 spiro atoms. The van der Waals surface area contributed by atoms with E-state index >= 15 is 0 Å². The van der Waals surface area contributed by atoms with Crippen molar-refractivity contribution in [2.24, 2.45) is 5.73 Å². The zero-order chi connectivity index (χ0) is 25.1. The number of hydrogen-bond donors (Lipinski definition) is 1. The lowest BCUT2D eigenvalue weighted by Gasteiger charge is -2.07. The van der Waals surface area contributed by atoms with Gasteiger partial charge >= 0.3 is 0 Å². The average Bonchev–Trinajstić information content (AvgIpc) is 3.30. The van der Waals surface area contributed by atoms with E-state index in [1.807, 2.05) is 78.9 Å². The molecule has 2 heterocycles. The number of rotatable bonds is 8. The summed E-state index contributed by atoms with van der Waals surface area (Å²) in [4.78, 5) is 17.0. The molecule has 6 heteroatoms. The smallest absolute Gasteiger partial charge is 0.254 e. The number of aromatic nitrogens is 3. The van der Waals surface area contributed by atoms with Crippen LogP contribution >= 0.6 is 0 Å². The summed E-state index contributed by atoms with van der Waals surface area (Å²) in [5.41, 5.74) is 11.4. The van der Waals surface area contributed by atoms with E-state index in [1.54, 1.807) is 16.8 Å². The first-order valence-corrected chi connectivity index (χ1v) is 11.4. The van der Waals surface area contributed by atoms with Gasteiger partial charge in [-0.25, -0.2) is 9.50 Å². The second-order valence-corrected chi connectivity index (χ2v) is 8.33. The molecule has 6 nitrogen and oxygen atoms in total. The third kappa shape index (κ3) is 4.52. The van der Waals surface area contributed by atoms with Crippen molar-refractivity contribution >= 4 is 11.6 Å². The predicted octanol–water partition coefficient (Wildman–Crippen LogP) is 6.24. The van der Waals surface area contributed by atoms with Crippen LogP contribution in [0.2, 0.25) is 0 Å². The molecule has 176 valence electrons. The lowest BCUT2D eigenvalue weighted by molar-refractivity contribution is 0.100. The fraction of sp³-hybridized carbons (Fsp3) is 0.0333. The fourth-order valence-electron chi connectivity index (χ4n) is 4.07. The van der Waals surface area contributed by atoms with Crippen LogP contribution in [0.25, 0.3) is 28.2 Å². The summed E-state index contributed by atoms with van der Waals surface area (Å²) in [6, 6.07) is 26.9. The maximum atomic E-state index is 12.5. The molecule has 0 saturated heterocycles. The van der Waals surface area contributed by atoms with Crippen LogP contribution in [0.5, 0.6) is 11.5 Å². The van der Waals surface area contributed by atoms with Crippen molar-refractivity contribution in [1.29, 1.82) is 0 Å². The van der Waals surface area contributed by atoms with Crippen LogP contribution in [0.1, 0.15) is 15.9 Å². The van der Waals surface area contributed by atoms with Gasteiger partial charge in [0.05, 0.1) is 5.69 Å². The summed E-state index contributed by atoms with van der Waals surface area (Å²) in [6.07, 6.45) is 4.11. The second kappa shape index (κ2) is 9.72. The first kappa shape index (κ1) is 22.8. The van der Waals surface area contributed by atoms with E-state index in [0.717, 1.165) is 33.7 Å². The highest BCUT2D eigenvalue weighted by Crippen LogP contribution is 2.31. The standard InChI is InChI=1S/C30H24N4O2/c1-3-20(2)18-21-8-7-9-23(19-21)26-16-17-32-30-27(29(31)35)28(33-34(26)30)22-12-14-25(15-13-22)36-24-10-5-4-6-11-24/h3-17,19H,1-2,18H2,(H2,31,35). The van der Waals surface area contributed by atoms with E-state index in [0.29, 0.717) is 23.5 Å². The van der Waals surface area contributed by atoms with Crippen molar-refractivity contribution in [1.82, 2.24) is 14.6 Å². The fourth-order valence-corrected chi connectivity index (χ4v) is 4.07. The topological polar surface area (TPSA) is 82.5 Å². The molecule has 0 bridgehead atoms. The van der Waals surface area contributed by atoms with Crippen molar-refractivity contribution in [2.45, 2.75) is 6.42 Å². The van der Waals surface area contributed by atoms with Crippen molar-refractivity contribution in [3.05, 3.63) is 127 Å². The van der Waals surface area contributed by atoms with Crippen molar-refractivity contribution in [3.63, 3.8) is 0 Å². The number of amides is 1. The van der Waals surface area contributed by atoms with Gasteiger partial charge in [0, 0.05) is 17.3 Å². The van der Waals surface area contributed by atoms with Crippen molar-refractivity contribution in [2.75, 3.05) is 0 Å². The molecule has 2 N–H and O–H groups in total. The highest BCUT2D eigenvalue weighted by Gasteiger charge is 2.22. The normalized spacial score (nSPS) is 10.8. The zero-order valence-corrected chi connectivity index (χ0v) is 19.6. The third-order valence-electron chi connectivity index (χ3n) is 5.81. The summed E-state index contributed by atoms with van der Waals surface area (Å²) in [5, 5.41) is 4.78. The molecule has 0 radical (unpaired) electrons. The molecule has 0 aliphatic carbocycles. The molecule has 5 aromatic rings. The quantitative estimate of drug-likeness (QED) is 0.271. The monoisotopic (exact) mass is 472 g/mol. The summed E-state index contributed by atoms with van der Waals surface area (Å²) in [5.74, 6) is 0.819.